The number of aromatic nitrogens is 1. The van der Waals surface area contributed by atoms with Crippen molar-refractivity contribution in [3.8, 4) is 0 Å². The number of aliphatic carboxylic acids is 1. The first-order valence-corrected chi connectivity index (χ1v) is 7.99. The Bertz CT molecular complexity index is 644. The summed E-state index contributed by atoms with van der Waals surface area (Å²) < 4.78 is 0. The van der Waals surface area contributed by atoms with E-state index in [-0.39, 0.29) is 17.6 Å². The minimum atomic E-state index is -1.09. The third kappa shape index (κ3) is 2.40. The number of carbonyl (C=O) groups is 2. The first kappa shape index (κ1) is 15.1. The number of fused-ring (bicyclic) bond motifs is 1. The average Bonchev–Trinajstić information content (AvgIpc) is 2.80. The first-order valence-electron chi connectivity index (χ1n) is 7.01. The molecule has 7 heteroatoms. The summed E-state index contributed by atoms with van der Waals surface area (Å²) in [5.74, 6) is -1.34. The monoisotopic (exact) mass is 320 g/mol. The molecule has 22 heavy (non-hydrogen) atoms. The molecule has 1 amide bonds. The van der Waals surface area contributed by atoms with Gasteiger partial charge in [-0.2, -0.15) is 0 Å². The molecule has 1 aromatic heterocycles. The zero-order valence-electron chi connectivity index (χ0n) is 12.0. The lowest BCUT2D eigenvalue weighted by atomic mass is 9.83. The van der Waals surface area contributed by atoms with Gasteiger partial charge in [0.05, 0.1) is 23.8 Å². The fraction of sp³-hybridized carbons (Fsp3) is 0.400. The van der Waals surface area contributed by atoms with Crippen LogP contribution in [0, 0.1) is 5.92 Å². The van der Waals surface area contributed by atoms with Crippen molar-refractivity contribution < 1.29 is 19.8 Å². The van der Waals surface area contributed by atoms with E-state index in [1.165, 1.54) is 16.7 Å². The Morgan fingerprint density at radius 3 is 2.91 bits per heavy atom. The number of carboxylic acids is 1. The second kappa shape index (κ2) is 5.73. The summed E-state index contributed by atoms with van der Waals surface area (Å²) in [6, 6.07) is 5.35. The van der Waals surface area contributed by atoms with E-state index < -0.39 is 18.0 Å². The molecule has 1 aromatic rings. The minimum absolute atomic E-state index is 0.0628. The molecule has 2 aliphatic rings. The van der Waals surface area contributed by atoms with Gasteiger partial charge in [-0.15, -0.1) is 11.8 Å². The molecular weight excluding hydrogens is 304 g/mol. The minimum Gasteiger partial charge on any atom is -0.477 e. The van der Waals surface area contributed by atoms with Crippen LogP contribution in [0.1, 0.15) is 19.0 Å². The molecule has 0 radical (unpaired) electrons. The van der Waals surface area contributed by atoms with Crippen molar-refractivity contribution in [3.05, 3.63) is 40.7 Å². The van der Waals surface area contributed by atoms with Crippen molar-refractivity contribution in [2.24, 2.45) is 5.92 Å². The summed E-state index contributed by atoms with van der Waals surface area (Å²) in [5.41, 5.74) is 0.921. The van der Waals surface area contributed by atoms with Gasteiger partial charge in [-0.05, 0) is 19.1 Å². The number of β-lactam (4-membered cyclic amide) rings is 1. The Morgan fingerprint density at radius 1 is 1.55 bits per heavy atom. The molecule has 2 N–H and O–H groups in total. The highest BCUT2D eigenvalue weighted by Crippen LogP contribution is 2.47. The van der Waals surface area contributed by atoms with E-state index in [1.54, 1.807) is 13.1 Å². The summed E-state index contributed by atoms with van der Waals surface area (Å²) in [4.78, 5) is 29.8. The fourth-order valence-electron chi connectivity index (χ4n) is 3.00. The highest BCUT2D eigenvalue weighted by atomic mass is 32.2. The van der Waals surface area contributed by atoms with E-state index in [0.29, 0.717) is 17.1 Å². The number of nitrogens with zero attached hydrogens (tertiary/aromatic N) is 2. The lowest BCUT2D eigenvalue weighted by Gasteiger charge is -2.44. The molecule has 1 saturated heterocycles. The van der Waals surface area contributed by atoms with E-state index in [4.69, 9.17) is 0 Å². The molecule has 0 aliphatic carbocycles. The molecule has 0 bridgehead atoms. The number of amides is 1. The lowest BCUT2D eigenvalue weighted by Crippen LogP contribution is -2.61. The number of pyridine rings is 1. The van der Waals surface area contributed by atoms with Crippen molar-refractivity contribution in [1.29, 1.82) is 0 Å². The van der Waals surface area contributed by atoms with E-state index in [2.05, 4.69) is 4.98 Å². The van der Waals surface area contributed by atoms with Crippen molar-refractivity contribution >= 4 is 23.6 Å². The quantitative estimate of drug-likeness (QED) is 0.793. The van der Waals surface area contributed by atoms with Crippen molar-refractivity contribution in [2.75, 3.05) is 0 Å². The Balaban J connectivity index is 1.78. The largest absolute Gasteiger partial charge is 0.477 e. The topological polar surface area (TPSA) is 90.7 Å². The van der Waals surface area contributed by atoms with E-state index in [9.17, 15) is 19.8 Å². The number of carbonyl (C=O) groups excluding carboxylic acids is 1. The van der Waals surface area contributed by atoms with Crippen LogP contribution in [0.15, 0.2) is 35.0 Å². The Morgan fingerprint density at radius 2 is 2.32 bits per heavy atom. The van der Waals surface area contributed by atoms with Crippen LogP contribution in [0.25, 0.3) is 0 Å². The van der Waals surface area contributed by atoms with Crippen molar-refractivity contribution in [1.82, 2.24) is 9.88 Å². The van der Waals surface area contributed by atoms with E-state index >= 15 is 0 Å². The molecule has 3 heterocycles. The van der Waals surface area contributed by atoms with Gasteiger partial charge < -0.3 is 15.1 Å². The molecule has 0 spiro atoms. The van der Waals surface area contributed by atoms with Gasteiger partial charge in [0, 0.05) is 23.3 Å². The SMILES string of the molecule is C[C@@H](O)[C@H]1C(=O)N2C(C(=O)O)=C(SCc3ccccn3)C[C@@H]12. The Kier molecular flexibility index (Phi) is 3.92. The second-order valence-corrected chi connectivity index (χ2v) is 6.50. The van der Waals surface area contributed by atoms with Gasteiger partial charge in [0.25, 0.3) is 0 Å². The Labute approximate surface area is 131 Å². The molecule has 1 fully saturated rings. The van der Waals surface area contributed by atoms with Crippen LogP contribution in [-0.4, -0.2) is 44.1 Å². The first-order chi connectivity index (χ1) is 10.5. The number of carboxylic acid groups (broad SMARTS) is 1. The number of aliphatic hydroxyl groups excluding tert-OH is 1. The van der Waals surface area contributed by atoms with Crippen LogP contribution in [0.2, 0.25) is 0 Å². The van der Waals surface area contributed by atoms with Crippen LogP contribution >= 0.6 is 11.8 Å². The highest BCUT2D eigenvalue weighted by Gasteiger charge is 2.56. The van der Waals surface area contributed by atoms with Gasteiger partial charge in [0.15, 0.2) is 0 Å². The maximum atomic E-state index is 12.1. The molecule has 3 rings (SSSR count). The molecule has 0 aromatic carbocycles. The zero-order valence-corrected chi connectivity index (χ0v) is 12.8. The lowest BCUT2D eigenvalue weighted by molar-refractivity contribution is -0.161. The highest BCUT2D eigenvalue weighted by molar-refractivity contribution is 8.02. The molecule has 0 unspecified atom stereocenters. The summed E-state index contributed by atoms with van der Waals surface area (Å²) >= 11 is 1.40. The third-order valence-electron chi connectivity index (χ3n) is 4.01. The standard InChI is InChI=1S/C15H16N2O4S/c1-8(18)12-10-6-11(13(15(20)21)17(10)14(12)19)22-7-9-4-2-3-5-16-9/h2-5,8,10,12,18H,6-7H2,1H3,(H,20,21)/t8-,10+,12-/m1/s1. The smallest absolute Gasteiger partial charge is 0.353 e. The number of aliphatic hydroxyl groups is 1. The molecule has 116 valence electrons. The normalized spacial score (nSPS) is 25.0. The van der Waals surface area contributed by atoms with Gasteiger partial charge in [-0.25, -0.2) is 4.79 Å². The number of thioether (sulfide) groups is 1. The van der Waals surface area contributed by atoms with Crippen LogP contribution in [0.3, 0.4) is 0 Å². The van der Waals surface area contributed by atoms with E-state index in [1.807, 2.05) is 18.2 Å². The summed E-state index contributed by atoms with van der Waals surface area (Å²) in [6.45, 7) is 1.57. The predicted octanol–water partition coefficient (Wildman–Crippen LogP) is 1.22. The maximum absolute atomic E-state index is 12.1. The predicted molar refractivity (Wildman–Crippen MR) is 80.6 cm³/mol. The van der Waals surface area contributed by atoms with Crippen molar-refractivity contribution in [3.63, 3.8) is 0 Å². The average molecular weight is 320 g/mol. The number of rotatable bonds is 5. The number of hydrogen-bond acceptors (Lipinski definition) is 5. The zero-order chi connectivity index (χ0) is 15.9. The van der Waals surface area contributed by atoms with Gasteiger partial charge in [0.2, 0.25) is 5.91 Å². The van der Waals surface area contributed by atoms with Crippen LogP contribution in [-0.2, 0) is 15.3 Å². The summed E-state index contributed by atoms with van der Waals surface area (Å²) in [7, 11) is 0. The van der Waals surface area contributed by atoms with Crippen molar-refractivity contribution in [2.45, 2.75) is 31.2 Å². The van der Waals surface area contributed by atoms with Crippen LogP contribution in [0.4, 0.5) is 0 Å². The maximum Gasteiger partial charge on any atom is 0.353 e. The fourth-order valence-corrected chi connectivity index (χ4v) is 4.11. The third-order valence-corrected chi connectivity index (χ3v) is 5.16. The van der Waals surface area contributed by atoms with Gasteiger partial charge in [-0.1, -0.05) is 6.07 Å². The molecule has 6 nitrogen and oxygen atoms in total. The summed E-state index contributed by atoms with van der Waals surface area (Å²) in [6.07, 6.45) is 1.42. The molecule has 2 aliphatic heterocycles. The second-order valence-electron chi connectivity index (χ2n) is 5.43. The van der Waals surface area contributed by atoms with Gasteiger partial charge >= 0.3 is 5.97 Å². The Hall–Kier alpha value is -1.86. The molecule has 3 atom stereocenters. The van der Waals surface area contributed by atoms with Gasteiger partial charge in [-0.3, -0.25) is 9.78 Å². The molecular formula is C15H16N2O4S. The van der Waals surface area contributed by atoms with Crippen LogP contribution < -0.4 is 0 Å². The molecule has 0 saturated carbocycles. The van der Waals surface area contributed by atoms with Gasteiger partial charge in [0.1, 0.15) is 5.70 Å². The summed E-state index contributed by atoms with van der Waals surface area (Å²) in [5, 5.41) is 19.1. The number of hydrogen-bond donors (Lipinski definition) is 2. The van der Waals surface area contributed by atoms with E-state index in [0.717, 1.165) is 5.69 Å². The van der Waals surface area contributed by atoms with Crippen LogP contribution in [0.5, 0.6) is 0 Å².